The Hall–Kier alpha value is -0.480. The number of rotatable bonds is 0. The van der Waals surface area contributed by atoms with Gasteiger partial charge in [-0.15, -0.1) is 12.4 Å². The van der Waals surface area contributed by atoms with Crippen molar-refractivity contribution < 1.29 is 0 Å². The minimum absolute atomic E-state index is 0. The fourth-order valence-corrected chi connectivity index (χ4v) is 0.535. The molecule has 0 heterocycles. The van der Waals surface area contributed by atoms with Crippen LogP contribution in [0, 0.1) is 0 Å². The second kappa shape index (κ2) is 8.52. The van der Waals surface area contributed by atoms with Crippen LogP contribution in [0.15, 0.2) is 4.99 Å². The van der Waals surface area contributed by atoms with Gasteiger partial charge in [0.05, 0.1) is 0 Å². The molecule has 0 fully saturated rings. The van der Waals surface area contributed by atoms with E-state index in [0.717, 1.165) is 5.96 Å². The molecule has 10 heavy (non-hydrogen) atoms. The highest BCUT2D eigenvalue weighted by Gasteiger charge is 1.91. The van der Waals surface area contributed by atoms with E-state index in [-0.39, 0.29) is 18.6 Å². The van der Waals surface area contributed by atoms with Crippen molar-refractivity contribution in [2.24, 2.45) is 4.99 Å². The Morgan fingerprint density at radius 2 is 1.80 bits per heavy atom. The maximum atomic E-state index is 3.94. The van der Waals surface area contributed by atoms with Crippen molar-refractivity contribution in [3.05, 3.63) is 0 Å². The summed E-state index contributed by atoms with van der Waals surface area (Å²) in [6.45, 7) is 0. The molecule has 0 saturated carbocycles. The van der Waals surface area contributed by atoms with Crippen LogP contribution in [0.2, 0.25) is 0 Å². The second-order valence-electron chi connectivity index (χ2n) is 1.69. The predicted molar refractivity (Wildman–Crippen MR) is 48.4 cm³/mol. The zero-order chi connectivity index (χ0) is 6.57. The summed E-state index contributed by atoms with van der Waals surface area (Å²) < 4.78 is 0. The molecule has 0 rings (SSSR count). The topological polar surface area (TPSA) is 62.6 Å². The minimum atomic E-state index is 0. The molecule has 64 valence electrons. The van der Waals surface area contributed by atoms with Crippen molar-refractivity contribution in [2.75, 3.05) is 28.2 Å². The maximum absolute atomic E-state index is 3.94. The Balaban J connectivity index is -0.000000245. The first-order valence-electron chi connectivity index (χ1n) is 2.54. The number of halogens is 1. The van der Waals surface area contributed by atoms with Crippen LogP contribution in [0.3, 0.4) is 0 Å². The summed E-state index contributed by atoms with van der Waals surface area (Å²) in [6, 6.07) is 0. The van der Waals surface area contributed by atoms with Crippen molar-refractivity contribution in [1.29, 1.82) is 0 Å². The smallest absolute Gasteiger partial charge is 0.192 e. The Bertz CT molecular complexity index is 91.6. The van der Waals surface area contributed by atoms with E-state index in [1.165, 1.54) is 0 Å². The average molecular weight is 169 g/mol. The highest BCUT2D eigenvalue weighted by Crippen LogP contribution is 1.73. The number of aliphatic imine (C=N–C) groups is 1. The van der Waals surface area contributed by atoms with Gasteiger partial charge in [0.1, 0.15) is 0 Å². The zero-order valence-electron chi connectivity index (χ0n) is 7.01. The molecule has 0 saturated heterocycles. The van der Waals surface area contributed by atoms with Gasteiger partial charge in [0.15, 0.2) is 5.96 Å². The molecule has 0 bridgehead atoms. The Morgan fingerprint density at radius 3 is 1.80 bits per heavy atom. The van der Waals surface area contributed by atoms with Crippen molar-refractivity contribution in [1.82, 2.24) is 16.4 Å². The summed E-state index contributed by atoms with van der Waals surface area (Å²) >= 11 is 0. The van der Waals surface area contributed by atoms with Gasteiger partial charge in [0.25, 0.3) is 0 Å². The van der Waals surface area contributed by atoms with Gasteiger partial charge in [0, 0.05) is 28.2 Å². The lowest BCUT2D eigenvalue weighted by Gasteiger charge is -2.12. The third kappa shape index (κ3) is 5.65. The third-order valence-electron chi connectivity index (χ3n) is 0.859. The molecule has 0 aromatic carbocycles. The van der Waals surface area contributed by atoms with E-state index >= 15 is 0 Å². The van der Waals surface area contributed by atoms with Gasteiger partial charge >= 0.3 is 0 Å². The molecule has 0 aliphatic heterocycles. The van der Waals surface area contributed by atoms with Gasteiger partial charge in [0.2, 0.25) is 0 Å². The molecular formula is C5H17ClN4. The number of hydrogen-bond donors (Lipinski definition) is 2. The lowest BCUT2D eigenvalue weighted by molar-refractivity contribution is 0.596. The van der Waals surface area contributed by atoms with E-state index in [2.05, 4.69) is 10.3 Å². The van der Waals surface area contributed by atoms with Crippen molar-refractivity contribution in [3.63, 3.8) is 0 Å². The first kappa shape index (κ1) is 16.3. The van der Waals surface area contributed by atoms with E-state index in [1.807, 2.05) is 26.0 Å². The normalized spacial score (nSPS) is 9.00. The van der Waals surface area contributed by atoms with Crippen LogP contribution in [-0.2, 0) is 0 Å². The van der Waals surface area contributed by atoms with Crippen molar-refractivity contribution in [2.45, 2.75) is 0 Å². The summed E-state index contributed by atoms with van der Waals surface area (Å²) in [5.41, 5.74) is 0. The summed E-state index contributed by atoms with van der Waals surface area (Å²) in [7, 11) is 7.49. The van der Waals surface area contributed by atoms with Crippen LogP contribution in [0.4, 0.5) is 0 Å². The summed E-state index contributed by atoms with van der Waals surface area (Å²) in [4.78, 5) is 5.85. The molecule has 0 aliphatic carbocycles. The summed E-state index contributed by atoms with van der Waals surface area (Å²) in [6.07, 6.45) is 0. The SMILES string of the molecule is CN=C(NC)N(C)C.Cl.N. The van der Waals surface area contributed by atoms with E-state index in [1.54, 1.807) is 7.05 Å². The molecule has 0 aliphatic rings. The van der Waals surface area contributed by atoms with Gasteiger partial charge in [-0.3, -0.25) is 4.99 Å². The van der Waals surface area contributed by atoms with Gasteiger partial charge in [-0.2, -0.15) is 0 Å². The molecule has 0 atom stereocenters. The predicted octanol–water partition coefficient (Wildman–Crippen LogP) is 0.337. The largest absolute Gasteiger partial charge is 0.359 e. The van der Waals surface area contributed by atoms with Gasteiger partial charge < -0.3 is 16.4 Å². The van der Waals surface area contributed by atoms with E-state index in [0.29, 0.717) is 0 Å². The standard InChI is InChI=1S/C5H13N3.ClH.H3N/c1-6-5(7-2)8(3)4;;/h1-4H3,(H,6,7);1H;1H3. The van der Waals surface area contributed by atoms with E-state index < -0.39 is 0 Å². The fraction of sp³-hybridized carbons (Fsp3) is 0.800. The monoisotopic (exact) mass is 168 g/mol. The van der Waals surface area contributed by atoms with Crippen LogP contribution in [0.25, 0.3) is 0 Å². The lowest BCUT2D eigenvalue weighted by atomic mass is 10.8. The zero-order valence-corrected chi connectivity index (χ0v) is 7.83. The quantitative estimate of drug-likeness (QED) is 0.405. The Morgan fingerprint density at radius 1 is 1.40 bits per heavy atom. The molecule has 4 nitrogen and oxygen atoms in total. The molecule has 0 radical (unpaired) electrons. The summed E-state index contributed by atoms with van der Waals surface area (Å²) in [5, 5.41) is 2.93. The average Bonchev–Trinajstić information content (AvgIpc) is 1.69. The highest BCUT2D eigenvalue weighted by atomic mass is 35.5. The van der Waals surface area contributed by atoms with Gasteiger partial charge in [-0.05, 0) is 0 Å². The van der Waals surface area contributed by atoms with Crippen molar-refractivity contribution in [3.8, 4) is 0 Å². The molecular weight excluding hydrogens is 152 g/mol. The lowest BCUT2D eigenvalue weighted by Crippen LogP contribution is -2.33. The molecule has 0 unspecified atom stereocenters. The van der Waals surface area contributed by atoms with Crippen LogP contribution in [0.1, 0.15) is 0 Å². The van der Waals surface area contributed by atoms with Crippen LogP contribution in [0.5, 0.6) is 0 Å². The first-order valence-corrected chi connectivity index (χ1v) is 2.54. The molecule has 0 amide bonds. The molecule has 5 heteroatoms. The minimum Gasteiger partial charge on any atom is -0.359 e. The number of nitrogens with zero attached hydrogens (tertiary/aromatic N) is 2. The number of nitrogens with one attached hydrogen (secondary N) is 1. The molecule has 0 aromatic rings. The van der Waals surface area contributed by atoms with Crippen LogP contribution in [-0.4, -0.2) is 39.1 Å². The number of hydrogen-bond acceptors (Lipinski definition) is 2. The maximum Gasteiger partial charge on any atom is 0.192 e. The molecule has 4 N–H and O–H groups in total. The first-order chi connectivity index (χ1) is 3.72. The fourth-order valence-electron chi connectivity index (χ4n) is 0.535. The van der Waals surface area contributed by atoms with E-state index in [4.69, 9.17) is 0 Å². The molecule has 0 aromatic heterocycles. The Kier molecular flexibility index (Phi) is 13.9. The summed E-state index contributed by atoms with van der Waals surface area (Å²) in [5.74, 6) is 0.894. The van der Waals surface area contributed by atoms with Gasteiger partial charge in [-0.25, -0.2) is 0 Å². The van der Waals surface area contributed by atoms with Crippen molar-refractivity contribution >= 4 is 18.4 Å². The second-order valence-corrected chi connectivity index (χ2v) is 1.69. The van der Waals surface area contributed by atoms with Gasteiger partial charge in [-0.1, -0.05) is 0 Å². The van der Waals surface area contributed by atoms with E-state index in [9.17, 15) is 0 Å². The Labute approximate surface area is 68.7 Å². The van der Waals surface area contributed by atoms with Crippen LogP contribution >= 0.6 is 12.4 Å². The highest BCUT2D eigenvalue weighted by molar-refractivity contribution is 5.85. The third-order valence-corrected chi connectivity index (χ3v) is 0.859. The number of guanidine groups is 1. The van der Waals surface area contributed by atoms with Crippen LogP contribution < -0.4 is 11.5 Å². The molecule has 0 spiro atoms.